The number of para-hydroxylation sites is 1. The van der Waals surface area contributed by atoms with Crippen LogP contribution >= 0.6 is 11.6 Å². The number of carbonyl (C=O) groups is 1. The molecule has 2 unspecified atom stereocenters. The maximum absolute atomic E-state index is 10.9. The first-order valence-electron chi connectivity index (χ1n) is 6.23. The van der Waals surface area contributed by atoms with E-state index in [9.17, 15) is 9.90 Å². The molecule has 0 aliphatic rings. The van der Waals surface area contributed by atoms with Crippen molar-refractivity contribution in [3.05, 3.63) is 28.8 Å². The van der Waals surface area contributed by atoms with Crippen LogP contribution in [0.4, 0.5) is 0 Å². The molecule has 1 aromatic rings. The molecule has 1 rings (SSSR count). The zero-order chi connectivity index (χ0) is 15.0. The maximum atomic E-state index is 10.9. The van der Waals surface area contributed by atoms with Crippen molar-refractivity contribution in [3.8, 4) is 5.75 Å². The number of halogens is 1. The SMILES string of the molecule is COCC(C)OCC(O)COc1c(Cl)cccc1C=O. The van der Waals surface area contributed by atoms with Crippen molar-refractivity contribution in [2.24, 2.45) is 0 Å². The van der Waals surface area contributed by atoms with Crippen molar-refractivity contribution >= 4 is 17.9 Å². The molecule has 0 aliphatic carbocycles. The lowest BCUT2D eigenvalue weighted by Crippen LogP contribution is -2.27. The predicted molar refractivity (Wildman–Crippen MR) is 75.6 cm³/mol. The Morgan fingerprint density at radius 2 is 2.10 bits per heavy atom. The molecule has 0 aliphatic heterocycles. The molecule has 0 aromatic heterocycles. The third kappa shape index (κ3) is 5.46. The van der Waals surface area contributed by atoms with Crippen molar-refractivity contribution in [1.82, 2.24) is 0 Å². The highest BCUT2D eigenvalue weighted by Crippen LogP contribution is 2.27. The van der Waals surface area contributed by atoms with Crippen molar-refractivity contribution in [1.29, 1.82) is 0 Å². The molecule has 0 bridgehead atoms. The Morgan fingerprint density at radius 3 is 2.75 bits per heavy atom. The minimum Gasteiger partial charge on any atom is -0.488 e. The van der Waals surface area contributed by atoms with Crippen LogP contribution in [0.25, 0.3) is 0 Å². The van der Waals surface area contributed by atoms with Gasteiger partial charge in [-0.15, -0.1) is 0 Å². The fourth-order valence-electron chi connectivity index (χ4n) is 1.56. The number of benzene rings is 1. The fourth-order valence-corrected chi connectivity index (χ4v) is 1.79. The van der Waals surface area contributed by atoms with Gasteiger partial charge in [0.25, 0.3) is 0 Å². The molecule has 2 atom stereocenters. The van der Waals surface area contributed by atoms with Gasteiger partial charge in [0.05, 0.1) is 29.9 Å². The molecular weight excluding hydrogens is 284 g/mol. The minimum absolute atomic E-state index is 0.00965. The molecule has 1 N–H and O–H groups in total. The first-order chi connectivity index (χ1) is 9.58. The summed E-state index contributed by atoms with van der Waals surface area (Å²) in [6, 6.07) is 4.87. The Kier molecular flexibility index (Phi) is 7.54. The third-order valence-electron chi connectivity index (χ3n) is 2.52. The molecule has 0 radical (unpaired) electrons. The van der Waals surface area contributed by atoms with Crippen molar-refractivity contribution in [3.63, 3.8) is 0 Å². The first-order valence-corrected chi connectivity index (χ1v) is 6.61. The number of hydrogen-bond acceptors (Lipinski definition) is 5. The maximum Gasteiger partial charge on any atom is 0.153 e. The van der Waals surface area contributed by atoms with E-state index in [4.69, 9.17) is 25.8 Å². The fraction of sp³-hybridized carbons (Fsp3) is 0.500. The van der Waals surface area contributed by atoms with Gasteiger partial charge in [0, 0.05) is 7.11 Å². The van der Waals surface area contributed by atoms with Gasteiger partial charge >= 0.3 is 0 Å². The number of rotatable bonds is 9. The van der Waals surface area contributed by atoms with Crippen LogP contribution in [0.2, 0.25) is 5.02 Å². The van der Waals surface area contributed by atoms with Crippen LogP contribution in [-0.4, -0.2) is 50.5 Å². The van der Waals surface area contributed by atoms with Crippen LogP contribution in [0.15, 0.2) is 18.2 Å². The van der Waals surface area contributed by atoms with Gasteiger partial charge in [-0.25, -0.2) is 0 Å². The summed E-state index contributed by atoms with van der Waals surface area (Å²) < 4.78 is 15.7. The van der Waals surface area contributed by atoms with Crippen LogP contribution in [0, 0.1) is 0 Å². The minimum atomic E-state index is -0.815. The lowest BCUT2D eigenvalue weighted by molar-refractivity contribution is -0.0423. The number of methoxy groups -OCH3 is 1. The highest BCUT2D eigenvalue weighted by Gasteiger charge is 2.12. The molecule has 5 nitrogen and oxygen atoms in total. The Morgan fingerprint density at radius 1 is 1.35 bits per heavy atom. The topological polar surface area (TPSA) is 65.0 Å². The Balaban J connectivity index is 2.45. The van der Waals surface area contributed by atoms with E-state index in [0.717, 1.165) is 0 Å². The predicted octanol–water partition coefficient (Wildman–Crippen LogP) is 1.94. The summed E-state index contributed by atoms with van der Waals surface area (Å²) >= 11 is 5.95. The molecular formula is C14H19ClO5. The van der Waals surface area contributed by atoms with Crippen molar-refractivity contribution in [2.75, 3.05) is 26.9 Å². The van der Waals surface area contributed by atoms with Crippen molar-refractivity contribution < 1.29 is 24.1 Å². The molecule has 20 heavy (non-hydrogen) atoms. The summed E-state index contributed by atoms with van der Waals surface area (Å²) in [6.45, 7) is 2.40. The zero-order valence-electron chi connectivity index (χ0n) is 11.5. The molecule has 0 fully saturated rings. The molecule has 0 saturated carbocycles. The van der Waals surface area contributed by atoms with E-state index in [2.05, 4.69) is 0 Å². The van der Waals surface area contributed by atoms with Crippen LogP contribution < -0.4 is 4.74 Å². The molecule has 112 valence electrons. The van der Waals surface area contributed by atoms with E-state index >= 15 is 0 Å². The van der Waals surface area contributed by atoms with Crippen molar-refractivity contribution in [2.45, 2.75) is 19.1 Å². The molecule has 0 amide bonds. The number of aliphatic hydroxyl groups excluding tert-OH is 1. The number of aldehydes is 1. The molecule has 0 spiro atoms. The summed E-state index contributed by atoms with van der Waals surface area (Å²) in [6.07, 6.45) is -0.268. The third-order valence-corrected chi connectivity index (χ3v) is 2.82. The summed E-state index contributed by atoms with van der Waals surface area (Å²) in [5, 5.41) is 10.1. The first kappa shape index (κ1) is 16.9. The van der Waals surface area contributed by atoms with Gasteiger partial charge in [0.2, 0.25) is 0 Å². The van der Waals surface area contributed by atoms with E-state index in [1.807, 2.05) is 6.92 Å². The van der Waals surface area contributed by atoms with Gasteiger partial charge in [-0.05, 0) is 19.1 Å². The summed E-state index contributed by atoms with van der Waals surface area (Å²) in [5.74, 6) is 0.271. The lowest BCUT2D eigenvalue weighted by atomic mass is 10.2. The Hall–Kier alpha value is -1.14. The van der Waals surface area contributed by atoms with E-state index in [-0.39, 0.29) is 25.1 Å². The quantitative estimate of drug-likeness (QED) is 0.706. The summed E-state index contributed by atoms with van der Waals surface area (Å²) in [5.41, 5.74) is 0.346. The van der Waals surface area contributed by atoms with Crippen LogP contribution in [0.3, 0.4) is 0 Å². The Labute approximate surface area is 123 Å². The smallest absolute Gasteiger partial charge is 0.153 e. The number of hydrogen-bond donors (Lipinski definition) is 1. The molecule has 0 saturated heterocycles. The van der Waals surface area contributed by atoms with Gasteiger partial charge in [-0.3, -0.25) is 4.79 Å². The van der Waals surface area contributed by atoms with Gasteiger partial charge < -0.3 is 19.3 Å². The molecule has 1 aromatic carbocycles. The van der Waals surface area contributed by atoms with Crippen LogP contribution in [-0.2, 0) is 9.47 Å². The van der Waals surface area contributed by atoms with E-state index in [0.29, 0.717) is 23.5 Å². The van der Waals surface area contributed by atoms with Crippen LogP contribution in [0.5, 0.6) is 5.75 Å². The number of aliphatic hydroxyl groups is 1. The van der Waals surface area contributed by atoms with Gasteiger partial charge in [0.15, 0.2) is 6.29 Å². The lowest BCUT2D eigenvalue weighted by Gasteiger charge is -2.17. The van der Waals surface area contributed by atoms with Crippen LogP contribution in [0.1, 0.15) is 17.3 Å². The average Bonchev–Trinajstić information content (AvgIpc) is 2.43. The average molecular weight is 303 g/mol. The standard InChI is InChI=1S/C14H19ClO5/c1-10(7-18-2)19-8-12(17)9-20-14-11(6-16)4-3-5-13(14)15/h3-6,10,12,17H,7-9H2,1-2H3. The number of ether oxygens (including phenoxy) is 3. The Bertz CT molecular complexity index is 424. The van der Waals surface area contributed by atoms with Gasteiger partial charge in [-0.1, -0.05) is 17.7 Å². The second-order valence-corrected chi connectivity index (χ2v) is 4.75. The molecule has 6 heteroatoms. The summed E-state index contributed by atoms with van der Waals surface area (Å²) in [7, 11) is 1.58. The van der Waals surface area contributed by atoms with Gasteiger partial charge in [-0.2, -0.15) is 0 Å². The second kappa shape index (κ2) is 8.92. The van der Waals surface area contributed by atoms with Gasteiger partial charge in [0.1, 0.15) is 18.5 Å². The highest BCUT2D eigenvalue weighted by atomic mass is 35.5. The molecule has 0 heterocycles. The number of carbonyl (C=O) groups excluding carboxylic acids is 1. The highest BCUT2D eigenvalue weighted by molar-refractivity contribution is 6.32. The summed E-state index contributed by atoms with van der Waals surface area (Å²) in [4.78, 5) is 10.9. The second-order valence-electron chi connectivity index (χ2n) is 4.34. The van der Waals surface area contributed by atoms with E-state index < -0.39 is 6.10 Å². The monoisotopic (exact) mass is 302 g/mol. The normalized spacial score (nSPS) is 13.8. The largest absolute Gasteiger partial charge is 0.488 e. The van der Waals surface area contributed by atoms with E-state index in [1.54, 1.807) is 25.3 Å². The zero-order valence-corrected chi connectivity index (χ0v) is 12.3. The van der Waals surface area contributed by atoms with E-state index in [1.165, 1.54) is 0 Å².